The molecule has 3 nitrogen and oxygen atoms in total. The van der Waals surface area contributed by atoms with Crippen molar-refractivity contribution in [1.82, 2.24) is 4.68 Å². The smallest absolute Gasteiger partial charge is 0.206 e. The van der Waals surface area contributed by atoms with E-state index in [2.05, 4.69) is 76.5 Å². The van der Waals surface area contributed by atoms with Crippen LogP contribution < -0.4 is 4.80 Å². The van der Waals surface area contributed by atoms with E-state index in [1.54, 1.807) is 11.3 Å². The molecule has 0 radical (unpaired) electrons. The van der Waals surface area contributed by atoms with E-state index in [1.807, 2.05) is 29.9 Å². The first-order chi connectivity index (χ1) is 12.6. The Labute approximate surface area is 166 Å². The average Bonchev–Trinajstić information content (AvgIpc) is 3.03. The molecule has 0 amide bonds. The fourth-order valence-electron chi connectivity index (χ4n) is 2.59. The van der Waals surface area contributed by atoms with E-state index in [1.165, 1.54) is 5.56 Å². The molecule has 0 aliphatic heterocycles. The predicted octanol–water partition coefficient (Wildman–Crippen LogP) is 5.91. The zero-order chi connectivity index (χ0) is 18.5. The van der Waals surface area contributed by atoms with Crippen LogP contribution in [-0.2, 0) is 0 Å². The van der Waals surface area contributed by atoms with Gasteiger partial charge in [-0.1, -0.05) is 66.2 Å². The van der Waals surface area contributed by atoms with Gasteiger partial charge in [-0.25, -0.2) is 4.68 Å². The Morgan fingerprint density at radius 3 is 2.58 bits per heavy atom. The average molecular weight is 428 g/mol. The van der Waals surface area contributed by atoms with Gasteiger partial charge in [0.1, 0.15) is 0 Å². The Morgan fingerprint density at radius 1 is 1.15 bits per heavy atom. The Bertz CT molecular complexity index is 965. The molecule has 1 heterocycles. The van der Waals surface area contributed by atoms with Crippen molar-refractivity contribution in [1.29, 1.82) is 0 Å². The minimum Gasteiger partial charge on any atom is -0.258 e. The van der Waals surface area contributed by atoms with E-state index in [-0.39, 0.29) is 0 Å². The monoisotopic (exact) mass is 427 g/mol. The topological polar surface area (TPSA) is 29.6 Å². The lowest BCUT2D eigenvalue weighted by Gasteiger charge is -2.06. The molecule has 0 fully saturated rings. The lowest BCUT2D eigenvalue weighted by Crippen LogP contribution is -2.12. The van der Waals surface area contributed by atoms with Crippen LogP contribution in [0, 0.1) is 0 Å². The summed E-state index contributed by atoms with van der Waals surface area (Å²) in [4.78, 5) is 5.48. The van der Waals surface area contributed by atoms with Crippen molar-refractivity contribution in [2.45, 2.75) is 26.7 Å². The van der Waals surface area contributed by atoms with Crippen molar-refractivity contribution in [3.63, 3.8) is 0 Å². The fraction of sp³-hybridized carbons (Fsp3) is 0.238. The Hall–Kier alpha value is -1.98. The molecule has 0 spiro atoms. The molecule has 0 unspecified atom stereocenters. The summed E-state index contributed by atoms with van der Waals surface area (Å²) in [5.74, 6) is 0.533. The van der Waals surface area contributed by atoms with Crippen molar-refractivity contribution < 1.29 is 0 Å². The first-order valence-electron chi connectivity index (χ1n) is 8.69. The molecule has 134 valence electrons. The largest absolute Gasteiger partial charge is 0.258 e. The maximum absolute atomic E-state index is 4.73. The van der Waals surface area contributed by atoms with Gasteiger partial charge in [0.2, 0.25) is 4.80 Å². The summed E-state index contributed by atoms with van der Waals surface area (Å²) < 4.78 is 2.97. The molecule has 3 aromatic rings. The van der Waals surface area contributed by atoms with Crippen LogP contribution in [0.25, 0.3) is 11.3 Å². The number of thiazole rings is 1. The molecule has 0 atom stereocenters. The van der Waals surface area contributed by atoms with Gasteiger partial charge in [0, 0.05) is 22.0 Å². The van der Waals surface area contributed by atoms with Gasteiger partial charge in [0.15, 0.2) is 0 Å². The van der Waals surface area contributed by atoms with Gasteiger partial charge in [0.25, 0.3) is 0 Å². The third kappa shape index (κ3) is 4.40. The van der Waals surface area contributed by atoms with Crippen LogP contribution in [-0.4, -0.2) is 17.4 Å². The van der Waals surface area contributed by atoms with E-state index >= 15 is 0 Å². The van der Waals surface area contributed by atoms with Crippen molar-refractivity contribution in [2.24, 2.45) is 10.1 Å². The van der Waals surface area contributed by atoms with Gasteiger partial charge in [-0.2, -0.15) is 5.10 Å². The number of rotatable bonds is 5. The SMILES string of the molecule is CCN=c1scc(-c2cccc(Br)c2)n1/N=C\c1ccc(C(C)C)cc1. The molecule has 3 rings (SSSR count). The third-order valence-corrected chi connectivity index (χ3v) is 5.37. The zero-order valence-corrected chi connectivity index (χ0v) is 17.6. The van der Waals surface area contributed by atoms with E-state index in [0.717, 1.165) is 32.6 Å². The van der Waals surface area contributed by atoms with E-state index in [0.29, 0.717) is 5.92 Å². The molecule has 0 saturated heterocycles. The molecule has 5 heteroatoms. The van der Waals surface area contributed by atoms with Crippen molar-refractivity contribution in [2.75, 3.05) is 6.54 Å². The highest BCUT2D eigenvalue weighted by Crippen LogP contribution is 2.23. The predicted molar refractivity (Wildman–Crippen MR) is 115 cm³/mol. The van der Waals surface area contributed by atoms with E-state index in [4.69, 9.17) is 5.10 Å². The van der Waals surface area contributed by atoms with Gasteiger partial charge in [-0.05, 0) is 36.1 Å². The van der Waals surface area contributed by atoms with Crippen molar-refractivity contribution >= 4 is 33.5 Å². The van der Waals surface area contributed by atoms with Crippen LogP contribution >= 0.6 is 27.3 Å². The molecular formula is C21H22BrN3S. The molecule has 0 aliphatic rings. The number of halogens is 1. The lowest BCUT2D eigenvalue weighted by molar-refractivity contribution is 0.833. The van der Waals surface area contributed by atoms with Gasteiger partial charge >= 0.3 is 0 Å². The number of benzene rings is 2. The number of hydrogen-bond acceptors (Lipinski definition) is 3. The van der Waals surface area contributed by atoms with E-state index in [9.17, 15) is 0 Å². The van der Waals surface area contributed by atoms with Gasteiger partial charge < -0.3 is 0 Å². The maximum Gasteiger partial charge on any atom is 0.206 e. The minimum absolute atomic E-state index is 0.533. The summed E-state index contributed by atoms with van der Waals surface area (Å²) >= 11 is 5.16. The van der Waals surface area contributed by atoms with E-state index < -0.39 is 0 Å². The highest BCUT2D eigenvalue weighted by Gasteiger charge is 2.07. The Kier molecular flexibility index (Phi) is 6.22. The van der Waals surface area contributed by atoms with Crippen LogP contribution in [0.1, 0.15) is 37.8 Å². The summed E-state index contributed by atoms with van der Waals surface area (Å²) in [6, 6.07) is 16.8. The highest BCUT2D eigenvalue weighted by atomic mass is 79.9. The molecule has 0 bridgehead atoms. The molecule has 26 heavy (non-hydrogen) atoms. The minimum atomic E-state index is 0.533. The van der Waals surface area contributed by atoms with Gasteiger partial charge in [-0.3, -0.25) is 4.99 Å². The summed E-state index contributed by atoms with van der Waals surface area (Å²) in [5.41, 5.74) is 4.57. The number of aromatic nitrogens is 1. The van der Waals surface area contributed by atoms with Gasteiger partial charge in [0.05, 0.1) is 11.9 Å². The quantitative estimate of drug-likeness (QED) is 0.453. The van der Waals surface area contributed by atoms with Crippen molar-refractivity contribution in [3.05, 3.63) is 74.3 Å². The summed E-state index contributed by atoms with van der Waals surface area (Å²) in [6.07, 6.45) is 1.90. The fourth-order valence-corrected chi connectivity index (χ4v) is 3.89. The maximum atomic E-state index is 4.73. The lowest BCUT2D eigenvalue weighted by atomic mass is 10.0. The third-order valence-electron chi connectivity index (χ3n) is 4.02. The molecule has 1 aromatic heterocycles. The molecule has 0 saturated carbocycles. The molecule has 0 aliphatic carbocycles. The second-order valence-electron chi connectivity index (χ2n) is 6.27. The molecule has 0 N–H and O–H groups in total. The Morgan fingerprint density at radius 2 is 1.92 bits per heavy atom. The van der Waals surface area contributed by atoms with Crippen LogP contribution in [0.15, 0.2) is 68.5 Å². The highest BCUT2D eigenvalue weighted by molar-refractivity contribution is 9.10. The normalized spacial score (nSPS) is 12.4. The number of nitrogens with zero attached hydrogens (tertiary/aromatic N) is 3. The molecular weight excluding hydrogens is 406 g/mol. The van der Waals surface area contributed by atoms with Crippen LogP contribution in [0.3, 0.4) is 0 Å². The second kappa shape index (κ2) is 8.60. The van der Waals surface area contributed by atoms with Crippen LogP contribution in [0.4, 0.5) is 0 Å². The Balaban J connectivity index is 2.00. The van der Waals surface area contributed by atoms with Crippen LogP contribution in [0.2, 0.25) is 0 Å². The second-order valence-corrected chi connectivity index (χ2v) is 8.02. The van der Waals surface area contributed by atoms with Crippen LogP contribution in [0.5, 0.6) is 0 Å². The zero-order valence-electron chi connectivity index (χ0n) is 15.2. The summed E-state index contributed by atoms with van der Waals surface area (Å²) in [7, 11) is 0. The first-order valence-corrected chi connectivity index (χ1v) is 10.4. The standard InChI is InChI=1S/C21H22BrN3S/c1-4-23-21-25(20(14-26-21)18-6-5-7-19(22)12-18)24-13-16-8-10-17(11-9-16)15(2)3/h5-15H,4H2,1-3H3/b23-21?,24-13-. The summed E-state index contributed by atoms with van der Waals surface area (Å²) in [6.45, 7) is 7.18. The first kappa shape index (κ1) is 18.8. The number of hydrogen-bond donors (Lipinski definition) is 0. The van der Waals surface area contributed by atoms with Crippen molar-refractivity contribution in [3.8, 4) is 11.3 Å². The van der Waals surface area contributed by atoms with Gasteiger partial charge in [-0.15, -0.1) is 11.3 Å². The molecule has 2 aromatic carbocycles. The summed E-state index contributed by atoms with van der Waals surface area (Å²) in [5, 5.41) is 6.84.